The molecular weight excluding hydrogens is 388 g/mol. The van der Waals surface area contributed by atoms with E-state index in [1.54, 1.807) is 12.1 Å². The van der Waals surface area contributed by atoms with Crippen molar-refractivity contribution >= 4 is 5.91 Å². The summed E-state index contributed by atoms with van der Waals surface area (Å²) < 4.78 is 28.6. The first-order chi connectivity index (χ1) is 14.3. The molecule has 1 aliphatic carbocycles. The lowest BCUT2D eigenvalue weighted by atomic mass is 9.68. The van der Waals surface area contributed by atoms with Crippen LogP contribution in [0.25, 0.3) is 11.3 Å². The molecule has 154 valence electrons. The first-order valence-electron chi connectivity index (χ1n) is 9.81. The summed E-state index contributed by atoms with van der Waals surface area (Å²) in [7, 11) is 0. The van der Waals surface area contributed by atoms with Crippen LogP contribution in [0, 0.1) is 11.6 Å². The van der Waals surface area contributed by atoms with Crippen LogP contribution in [-0.4, -0.2) is 26.1 Å². The van der Waals surface area contributed by atoms with Gasteiger partial charge in [-0.1, -0.05) is 13.0 Å². The van der Waals surface area contributed by atoms with Crippen molar-refractivity contribution in [1.29, 1.82) is 0 Å². The number of nitrogens with zero attached hydrogens (tertiary/aromatic N) is 4. The Labute approximate surface area is 172 Å². The van der Waals surface area contributed by atoms with Crippen molar-refractivity contribution in [3.63, 3.8) is 0 Å². The van der Waals surface area contributed by atoms with Gasteiger partial charge >= 0.3 is 0 Å². The van der Waals surface area contributed by atoms with Crippen LogP contribution >= 0.6 is 0 Å². The summed E-state index contributed by atoms with van der Waals surface area (Å²) in [6.07, 6.45) is 3.91. The number of hydrogen-bond acceptors (Lipinski definition) is 5. The van der Waals surface area contributed by atoms with E-state index in [1.165, 1.54) is 24.4 Å². The fraction of sp³-hybridized carbons (Fsp3) is 0.318. The minimum absolute atomic E-state index is 0.0640. The van der Waals surface area contributed by atoms with Crippen LogP contribution in [0.15, 0.2) is 36.5 Å². The van der Waals surface area contributed by atoms with Gasteiger partial charge in [-0.15, -0.1) is 5.10 Å². The highest BCUT2D eigenvalue weighted by molar-refractivity contribution is 5.88. The molecule has 1 amide bonds. The summed E-state index contributed by atoms with van der Waals surface area (Å²) in [4.78, 5) is 19.8. The lowest BCUT2D eigenvalue weighted by Gasteiger charge is -2.37. The van der Waals surface area contributed by atoms with Gasteiger partial charge in [0, 0.05) is 6.20 Å². The van der Waals surface area contributed by atoms with E-state index < -0.39 is 23.0 Å². The number of rotatable bonds is 4. The summed E-state index contributed by atoms with van der Waals surface area (Å²) in [6.45, 7) is 4.04. The summed E-state index contributed by atoms with van der Waals surface area (Å²) in [5.41, 5.74) is 6.87. The van der Waals surface area contributed by atoms with Gasteiger partial charge in [0.15, 0.2) is 0 Å². The SMILES string of the molecule is CC[C@@H]1CC[C@@](C)(c2ccnc(C(N)=O)n2)c2nnc(-c3c(F)cccc3F)cc21. The number of halogens is 2. The van der Waals surface area contributed by atoms with E-state index in [-0.39, 0.29) is 23.0 Å². The van der Waals surface area contributed by atoms with Crippen molar-refractivity contribution in [3.8, 4) is 11.3 Å². The van der Waals surface area contributed by atoms with Crippen molar-refractivity contribution in [3.05, 3.63) is 70.9 Å². The zero-order valence-corrected chi connectivity index (χ0v) is 16.7. The van der Waals surface area contributed by atoms with E-state index in [0.717, 1.165) is 24.8 Å². The zero-order chi connectivity index (χ0) is 21.5. The molecule has 2 N–H and O–H groups in total. The van der Waals surface area contributed by atoms with Crippen LogP contribution < -0.4 is 5.73 Å². The molecule has 0 aliphatic heterocycles. The van der Waals surface area contributed by atoms with E-state index in [1.807, 2.05) is 6.92 Å². The monoisotopic (exact) mass is 409 g/mol. The number of carbonyl (C=O) groups is 1. The molecule has 2 atom stereocenters. The van der Waals surface area contributed by atoms with E-state index in [0.29, 0.717) is 11.4 Å². The van der Waals surface area contributed by atoms with Crippen LogP contribution in [0.1, 0.15) is 66.6 Å². The van der Waals surface area contributed by atoms with E-state index in [2.05, 4.69) is 27.1 Å². The van der Waals surface area contributed by atoms with E-state index in [9.17, 15) is 13.6 Å². The highest BCUT2D eigenvalue weighted by Gasteiger charge is 2.41. The third kappa shape index (κ3) is 3.22. The molecule has 8 heteroatoms. The zero-order valence-electron chi connectivity index (χ0n) is 16.7. The van der Waals surface area contributed by atoms with Crippen LogP contribution in [0.2, 0.25) is 0 Å². The quantitative estimate of drug-likeness (QED) is 0.705. The Balaban J connectivity index is 1.89. The average Bonchev–Trinajstić information content (AvgIpc) is 2.74. The minimum atomic E-state index is -0.709. The highest BCUT2D eigenvalue weighted by atomic mass is 19.1. The van der Waals surface area contributed by atoms with Crippen molar-refractivity contribution in [2.45, 2.75) is 44.4 Å². The number of nitrogens with two attached hydrogens (primary N) is 1. The van der Waals surface area contributed by atoms with Crippen molar-refractivity contribution in [2.24, 2.45) is 5.73 Å². The first-order valence-corrected chi connectivity index (χ1v) is 9.81. The van der Waals surface area contributed by atoms with Crippen LogP contribution in [0.5, 0.6) is 0 Å². The van der Waals surface area contributed by atoms with Crippen molar-refractivity contribution in [2.75, 3.05) is 0 Å². The molecule has 0 radical (unpaired) electrons. The topological polar surface area (TPSA) is 94.7 Å². The van der Waals surface area contributed by atoms with Crippen molar-refractivity contribution in [1.82, 2.24) is 20.2 Å². The minimum Gasteiger partial charge on any atom is -0.363 e. The van der Waals surface area contributed by atoms with Gasteiger partial charge in [-0.05, 0) is 61.9 Å². The Bertz CT molecular complexity index is 1120. The largest absolute Gasteiger partial charge is 0.363 e. The third-order valence-corrected chi connectivity index (χ3v) is 5.93. The maximum absolute atomic E-state index is 14.3. The first kappa shape index (κ1) is 20.0. The molecule has 0 saturated carbocycles. The molecule has 1 aromatic carbocycles. The number of hydrogen-bond donors (Lipinski definition) is 1. The molecule has 0 fully saturated rings. The van der Waals surface area contributed by atoms with Gasteiger partial charge in [-0.3, -0.25) is 4.79 Å². The van der Waals surface area contributed by atoms with Gasteiger partial charge in [0.25, 0.3) is 5.91 Å². The Kier molecular flexibility index (Phi) is 5.01. The second kappa shape index (κ2) is 7.51. The molecule has 2 aromatic heterocycles. The van der Waals surface area contributed by atoms with E-state index >= 15 is 0 Å². The number of primary amides is 1. The summed E-state index contributed by atoms with van der Waals surface area (Å²) in [5, 5.41) is 8.59. The summed E-state index contributed by atoms with van der Waals surface area (Å²) >= 11 is 0. The number of fused-ring (bicyclic) bond motifs is 1. The molecule has 2 heterocycles. The molecule has 0 saturated heterocycles. The molecular formula is C22H21F2N5O. The summed E-state index contributed by atoms with van der Waals surface area (Å²) in [6, 6.07) is 7.18. The predicted molar refractivity (Wildman–Crippen MR) is 107 cm³/mol. The van der Waals surface area contributed by atoms with E-state index in [4.69, 9.17) is 5.73 Å². The van der Waals surface area contributed by atoms with Gasteiger partial charge in [0.2, 0.25) is 5.82 Å². The number of amides is 1. The lowest BCUT2D eigenvalue weighted by molar-refractivity contribution is 0.0989. The Hall–Kier alpha value is -3.29. The fourth-order valence-electron chi connectivity index (χ4n) is 4.21. The standard InChI is InChI=1S/C22H21F2N5O/c1-3-12-7-9-22(2,17-8-10-26-21(27-17)20(25)30)19-13(12)11-16(28-29-19)18-14(23)5-4-6-15(18)24/h4-6,8,10-12H,3,7,9H2,1-2H3,(H2,25,30)/t12-,22+/m1/s1. The second-order valence-electron chi connectivity index (χ2n) is 7.74. The second-order valence-corrected chi connectivity index (χ2v) is 7.74. The fourth-order valence-corrected chi connectivity index (χ4v) is 4.21. The Morgan fingerprint density at radius 1 is 1.23 bits per heavy atom. The maximum Gasteiger partial charge on any atom is 0.286 e. The molecule has 30 heavy (non-hydrogen) atoms. The number of benzene rings is 1. The lowest BCUT2D eigenvalue weighted by Crippen LogP contribution is -2.34. The van der Waals surface area contributed by atoms with Crippen molar-refractivity contribution < 1.29 is 13.6 Å². The smallest absolute Gasteiger partial charge is 0.286 e. The maximum atomic E-state index is 14.3. The predicted octanol–water partition coefficient (Wildman–Crippen LogP) is 3.90. The molecule has 0 bridgehead atoms. The molecule has 4 rings (SSSR count). The summed E-state index contributed by atoms with van der Waals surface area (Å²) in [5.74, 6) is -1.96. The molecule has 3 aromatic rings. The average molecular weight is 409 g/mol. The van der Waals surface area contributed by atoms with Gasteiger partial charge in [-0.2, -0.15) is 5.10 Å². The highest BCUT2D eigenvalue weighted by Crippen LogP contribution is 2.46. The molecule has 0 unspecified atom stereocenters. The molecule has 0 spiro atoms. The van der Waals surface area contributed by atoms with Gasteiger partial charge in [0.1, 0.15) is 11.6 Å². The van der Waals surface area contributed by atoms with Gasteiger partial charge < -0.3 is 5.73 Å². The van der Waals surface area contributed by atoms with Crippen LogP contribution in [0.4, 0.5) is 8.78 Å². The van der Waals surface area contributed by atoms with Crippen LogP contribution in [-0.2, 0) is 5.41 Å². The normalized spacial score (nSPS) is 20.6. The van der Waals surface area contributed by atoms with Gasteiger partial charge in [-0.25, -0.2) is 18.7 Å². The Morgan fingerprint density at radius 2 is 1.97 bits per heavy atom. The van der Waals surface area contributed by atoms with Crippen LogP contribution in [0.3, 0.4) is 0 Å². The Morgan fingerprint density at radius 3 is 2.63 bits per heavy atom. The van der Waals surface area contributed by atoms with Gasteiger partial charge in [0.05, 0.1) is 28.1 Å². The third-order valence-electron chi connectivity index (χ3n) is 5.93. The molecule has 6 nitrogen and oxygen atoms in total. The molecule has 1 aliphatic rings. The number of aromatic nitrogens is 4. The number of carbonyl (C=O) groups excluding carboxylic acids is 1.